The van der Waals surface area contributed by atoms with Crippen LogP contribution in [0.15, 0.2) is 85.7 Å². The van der Waals surface area contributed by atoms with Gasteiger partial charge in [0.15, 0.2) is 0 Å². The van der Waals surface area contributed by atoms with Crippen molar-refractivity contribution in [2.45, 2.75) is 37.0 Å². The van der Waals surface area contributed by atoms with Gasteiger partial charge in [-0.05, 0) is 49.2 Å². The van der Waals surface area contributed by atoms with Crippen molar-refractivity contribution >= 4 is 46.7 Å². The Morgan fingerprint density at radius 2 is 1.05 bits per heavy atom. The molecule has 0 saturated carbocycles. The van der Waals surface area contributed by atoms with Gasteiger partial charge in [0, 0.05) is 61.1 Å². The molecular formula is C36H42N18O4. The van der Waals surface area contributed by atoms with E-state index >= 15 is 0 Å². The van der Waals surface area contributed by atoms with Crippen LogP contribution < -0.4 is 44.2 Å². The maximum Gasteiger partial charge on any atom is 0.254 e. The van der Waals surface area contributed by atoms with Crippen LogP contribution in [0.4, 0.5) is 34.9 Å². The molecule has 58 heavy (non-hydrogen) atoms. The molecule has 2 aliphatic heterocycles. The summed E-state index contributed by atoms with van der Waals surface area (Å²) < 4.78 is 10.7. The van der Waals surface area contributed by atoms with E-state index in [2.05, 4.69) is 61.6 Å². The van der Waals surface area contributed by atoms with E-state index in [1.54, 1.807) is 24.8 Å². The summed E-state index contributed by atoms with van der Waals surface area (Å²) in [6.07, 6.45) is 10.6. The molecule has 4 atom stereocenters. The van der Waals surface area contributed by atoms with E-state index in [0.717, 1.165) is 24.2 Å². The summed E-state index contributed by atoms with van der Waals surface area (Å²) in [7, 11) is 0. The highest BCUT2D eigenvalue weighted by Gasteiger charge is 2.25. The number of hydrogen-bond donors (Lipinski definition) is 8. The van der Waals surface area contributed by atoms with Crippen LogP contribution in [-0.4, -0.2) is 112 Å². The molecule has 12 N–H and O–H groups in total. The molecule has 0 spiro atoms. The van der Waals surface area contributed by atoms with Gasteiger partial charge >= 0.3 is 0 Å². The monoisotopic (exact) mass is 790 g/mol. The van der Waals surface area contributed by atoms with Gasteiger partial charge in [-0.15, -0.1) is 0 Å². The zero-order valence-corrected chi connectivity index (χ0v) is 31.0. The lowest BCUT2D eigenvalue weighted by molar-refractivity contribution is 0.0750. The minimum Gasteiger partial charge on any atom is -0.380 e. The van der Waals surface area contributed by atoms with Crippen molar-refractivity contribution in [3.63, 3.8) is 0 Å². The molecule has 0 unspecified atom stereocenters. The first-order valence-electron chi connectivity index (χ1n) is 18.2. The number of nitrogens with two attached hydrogens (primary N) is 4. The number of anilines is 6. The molecule has 0 radical (unpaired) electrons. The number of carbonyl (C=O) groups excluding carboxylic acids is 2. The van der Waals surface area contributed by atoms with Gasteiger partial charge in [0.25, 0.3) is 11.8 Å². The molecular weight excluding hydrogens is 749 g/mol. The molecule has 0 bridgehead atoms. The molecule has 2 fully saturated rings. The maximum atomic E-state index is 11.8. The molecule has 2 aliphatic rings. The SMILES string of the molecule is NC(=O)c1cnc(N[C@@H]2CCOC[C@@H]2N)nc1Nc1cccc(-n2nccn2)c1.NC(=O)c1cnc(N[C@H]2CCOC[C@H]2N)nc1Nc1cccc(-n2nccn2)c1. The van der Waals surface area contributed by atoms with Gasteiger partial charge in [-0.1, -0.05) is 12.1 Å². The molecule has 300 valence electrons. The first-order chi connectivity index (χ1) is 28.2. The normalized spacial score (nSPS) is 18.9. The van der Waals surface area contributed by atoms with Crippen molar-refractivity contribution < 1.29 is 19.1 Å². The van der Waals surface area contributed by atoms with Gasteiger partial charge in [0.05, 0.1) is 49.4 Å². The Morgan fingerprint density at radius 3 is 1.43 bits per heavy atom. The number of benzene rings is 2. The van der Waals surface area contributed by atoms with E-state index in [4.69, 9.17) is 32.4 Å². The highest BCUT2D eigenvalue weighted by Crippen LogP contribution is 2.24. The second-order valence-corrected chi connectivity index (χ2v) is 13.2. The summed E-state index contributed by atoms with van der Waals surface area (Å²) >= 11 is 0. The van der Waals surface area contributed by atoms with Crippen molar-refractivity contribution in [2.75, 3.05) is 47.7 Å². The Hall–Kier alpha value is -7.14. The Morgan fingerprint density at radius 1 is 0.638 bits per heavy atom. The van der Waals surface area contributed by atoms with Crippen LogP contribution in [0.1, 0.15) is 33.6 Å². The van der Waals surface area contributed by atoms with Crippen LogP contribution in [0.25, 0.3) is 11.4 Å². The predicted molar refractivity (Wildman–Crippen MR) is 212 cm³/mol. The third kappa shape index (κ3) is 9.80. The summed E-state index contributed by atoms with van der Waals surface area (Å²) in [6.45, 7) is 2.17. The van der Waals surface area contributed by atoms with Gasteiger partial charge in [-0.25, -0.2) is 9.97 Å². The fourth-order valence-corrected chi connectivity index (χ4v) is 6.05. The molecule has 2 amide bonds. The molecule has 22 heteroatoms. The zero-order valence-electron chi connectivity index (χ0n) is 31.0. The largest absolute Gasteiger partial charge is 0.380 e. The standard InChI is InChI=1S/2C18H21N9O2/c2*19-14-10-29-7-4-15(14)25-18-21-9-13(16(20)28)17(26-18)24-11-2-1-3-12(8-11)27-22-5-6-23-27/h2*1-3,5-6,8-9,14-15H,4,7,10,19H2,(H2,20,28)(H2,21,24,25,26)/t2*14-,15+/m10/s1. The van der Waals surface area contributed by atoms with Gasteiger partial charge < -0.3 is 53.7 Å². The minimum atomic E-state index is -0.633. The van der Waals surface area contributed by atoms with Crippen LogP contribution in [0.2, 0.25) is 0 Å². The Balaban J connectivity index is 0.000000177. The van der Waals surface area contributed by atoms with E-state index in [-0.39, 0.29) is 35.3 Å². The van der Waals surface area contributed by atoms with E-state index in [1.807, 2.05) is 48.5 Å². The van der Waals surface area contributed by atoms with Gasteiger partial charge in [0.1, 0.15) is 22.8 Å². The maximum absolute atomic E-state index is 11.8. The fraction of sp³-hybridized carbons (Fsp3) is 0.278. The highest BCUT2D eigenvalue weighted by molar-refractivity contribution is 5.98. The molecule has 22 nitrogen and oxygen atoms in total. The summed E-state index contributed by atoms with van der Waals surface area (Å²) in [4.78, 5) is 43.9. The molecule has 2 aromatic carbocycles. The minimum absolute atomic E-state index is 0.0229. The lowest BCUT2D eigenvalue weighted by Gasteiger charge is -2.29. The summed E-state index contributed by atoms with van der Waals surface area (Å²) in [6, 6.07) is 14.3. The molecule has 8 rings (SSSR count). The average molecular weight is 791 g/mol. The lowest BCUT2D eigenvalue weighted by Crippen LogP contribution is -2.47. The van der Waals surface area contributed by atoms with Gasteiger partial charge in [-0.3, -0.25) is 9.59 Å². The first kappa shape index (κ1) is 39.1. The number of nitrogens with one attached hydrogen (secondary N) is 4. The van der Waals surface area contributed by atoms with Crippen molar-refractivity contribution in [1.82, 2.24) is 49.9 Å². The van der Waals surface area contributed by atoms with E-state index in [1.165, 1.54) is 22.0 Å². The van der Waals surface area contributed by atoms with Crippen LogP contribution in [0, 0.1) is 0 Å². The number of amides is 2. The van der Waals surface area contributed by atoms with E-state index in [9.17, 15) is 9.59 Å². The Bertz CT molecular complexity index is 2150. The lowest BCUT2D eigenvalue weighted by atomic mass is 10.1. The molecule has 2 saturated heterocycles. The predicted octanol–water partition coefficient (Wildman–Crippen LogP) is 0.856. The van der Waals surface area contributed by atoms with Crippen LogP contribution in [-0.2, 0) is 9.47 Å². The average Bonchev–Trinajstić information content (AvgIpc) is 3.97. The summed E-state index contributed by atoms with van der Waals surface area (Å²) in [5.41, 5.74) is 26.4. The zero-order chi connectivity index (χ0) is 40.4. The number of aromatic nitrogens is 10. The summed E-state index contributed by atoms with van der Waals surface area (Å²) in [5.74, 6) is 0.0235. The van der Waals surface area contributed by atoms with Crippen LogP contribution >= 0.6 is 0 Å². The van der Waals surface area contributed by atoms with Crippen molar-refractivity contribution in [1.29, 1.82) is 0 Å². The number of carbonyl (C=O) groups is 2. The molecule has 6 aromatic rings. The summed E-state index contributed by atoms with van der Waals surface area (Å²) in [5, 5.41) is 29.1. The number of primary amides is 2. The number of ether oxygens (including phenoxy) is 2. The fourth-order valence-electron chi connectivity index (χ4n) is 6.05. The quantitative estimate of drug-likeness (QED) is 0.0852. The smallest absolute Gasteiger partial charge is 0.254 e. The molecule has 0 aliphatic carbocycles. The Labute approximate surface area is 331 Å². The second-order valence-electron chi connectivity index (χ2n) is 13.2. The number of nitrogens with zero attached hydrogens (tertiary/aromatic N) is 10. The van der Waals surface area contributed by atoms with E-state index in [0.29, 0.717) is 61.3 Å². The van der Waals surface area contributed by atoms with Gasteiger partial charge in [-0.2, -0.15) is 40.0 Å². The number of hydrogen-bond acceptors (Lipinski definition) is 18. The highest BCUT2D eigenvalue weighted by atomic mass is 16.5. The molecule has 6 heterocycles. The third-order valence-electron chi connectivity index (χ3n) is 9.06. The molecule has 4 aromatic heterocycles. The number of rotatable bonds is 12. The third-order valence-corrected chi connectivity index (χ3v) is 9.06. The van der Waals surface area contributed by atoms with Crippen LogP contribution in [0.5, 0.6) is 0 Å². The van der Waals surface area contributed by atoms with Crippen molar-refractivity contribution in [3.05, 3.63) is 96.8 Å². The van der Waals surface area contributed by atoms with E-state index < -0.39 is 11.8 Å². The topological polar surface area (TPSA) is 318 Å². The first-order valence-corrected chi connectivity index (χ1v) is 18.2. The second kappa shape index (κ2) is 18.2. The van der Waals surface area contributed by atoms with Crippen LogP contribution in [0.3, 0.4) is 0 Å². The van der Waals surface area contributed by atoms with Crippen molar-refractivity contribution in [3.8, 4) is 11.4 Å². The van der Waals surface area contributed by atoms with Gasteiger partial charge in [0.2, 0.25) is 11.9 Å². The van der Waals surface area contributed by atoms with Crippen molar-refractivity contribution in [2.24, 2.45) is 22.9 Å². The Kier molecular flexibility index (Phi) is 12.3.